The molecule has 6 heteroatoms. The van der Waals surface area contributed by atoms with Crippen LogP contribution in [0.2, 0.25) is 0 Å². The molecule has 20 heavy (non-hydrogen) atoms. The third-order valence-corrected chi connectivity index (χ3v) is 2.68. The molecule has 0 unspecified atom stereocenters. The van der Waals surface area contributed by atoms with Crippen molar-refractivity contribution in [3.63, 3.8) is 0 Å². The summed E-state index contributed by atoms with van der Waals surface area (Å²) in [6, 6.07) is 10.5. The number of nitrogens with one attached hydrogen (secondary N) is 3. The van der Waals surface area contributed by atoms with Gasteiger partial charge >= 0.3 is 0 Å². The van der Waals surface area contributed by atoms with E-state index in [1.54, 1.807) is 49.7 Å². The van der Waals surface area contributed by atoms with Crippen molar-refractivity contribution in [1.29, 1.82) is 0 Å². The largest absolute Gasteiger partial charge is 0.497 e. The molecule has 0 saturated carbocycles. The van der Waals surface area contributed by atoms with Crippen molar-refractivity contribution in [2.45, 2.75) is 6.42 Å². The number of hydrogen-bond donors (Lipinski definition) is 3. The van der Waals surface area contributed by atoms with Gasteiger partial charge in [-0.15, -0.1) is 0 Å². The molecule has 0 fully saturated rings. The van der Waals surface area contributed by atoms with Crippen LogP contribution in [0.3, 0.4) is 0 Å². The van der Waals surface area contributed by atoms with Gasteiger partial charge in [0.2, 0.25) is 5.91 Å². The third-order valence-electron chi connectivity index (χ3n) is 2.68. The van der Waals surface area contributed by atoms with Crippen LogP contribution in [0.25, 0.3) is 0 Å². The Morgan fingerprint density at radius 3 is 2.50 bits per heavy atom. The zero-order valence-electron chi connectivity index (χ0n) is 11.0. The standard InChI is InChI=1S/C14H15N3O3/c1-20-11-6-4-10(5-7-11)9-13(18)16-17-14(19)12-3-2-8-15-12/h2-8,15H,9H2,1H3,(H,16,18)(H,17,19). The molecule has 1 aromatic heterocycles. The fourth-order valence-corrected chi connectivity index (χ4v) is 1.64. The van der Waals surface area contributed by atoms with E-state index < -0.39 is 5.91 Å². The Morgan fingerprint density at radius 2 is 1.90 bits per heavy atom. The summed E-state index contributed by atoms with van der Waals surface area (Å²) in [6.45, 7) is 0. The lowest BCUT2D eigenvalue weighted by atomic mass is 10.1. The number of rotatable bonds is 4. The summed E-state index contributed by atoms with van der Waals surface area (Å²) in [6.07, 6.45) is 1.81. The summed E-state index contributed by atoms with van der Waals surface area (Å²) < 4.78 is 5.03. The normalized spacial score (nSPS) is 9.85. The number of hydrogen-bond acceptors (Lipinski definition) is 3. The second kappa shape index (κ2) is 6.42. The van der Waals surface area contributed by atoms with Gasteiger partial charge in [-0.3, -0.25) is 20.4 Å². The van der Waals surface area contributed by atoms with Gasteiger partial charge in [0.15, 0.2) is 0 Å². The predicted octanol–water partition coefficient (Wildman–Crippen LogP) is 1.03. The van der Waals surface area contributed by atoms with Crippen molar-refractivity contribution in [3.05, 3.63) is 53.9 Å². The fraction of sp³-hybridized carbons (Fsp3) is 0.143. The highest BCUT2D eigenvalue weighted by atomic mass is 16.5. The summed E-state index contributed by atoms with van der Waals surface area (Å²) in [5.41, 5.74) is 5.91. The molecule has 0 bridgehead atoms. The molecule has 0 radical (unpaired) electrons. The first-order chi connectivity index (χ1) is 9.69. The van der Waals surface area contributed by atoms with Gasteiger partial charge in [-0.2, -0.15) is 0 Å². The number of carbonyl (C=O) groups is 2. The number of H-pyrrole nitrogens is 1. The maximum Gasteiger partial charge on any atom is 0.286 e. The molecule has 0 spiro atoms. The topological polar surface area (TPSA) is 83.2 Å². The molecule has 104 valence electrons. The fourth-order valence-electron chi connectivity index (χ4n) is 1.64. The highest BCUT2D eigenvalue weighted by Crippen LogP contribution is 2.11. The molecule has 2 aromatic rings. The molecule has 1 heterocycles. The van der Waals surface area contributed by atoms with Crippen molar-refractivity contribution in [3.8, 4) is 5.75 Å². The van der Waals surface area contributed by atoms with Crippen LogP contribution >= 0.6 is 0 Å². The van der Waals surface area contributed by atoms with Crippen molar-refractivity contribution in [2.24, 2.45) is 0 Å². The first-order valence-electron chi connectivity index (χ1n) is 6.04. The van der Waals surface area contributed by atoms with Gasteiger partial charge in [0.05, 0.1) is 13.5 Å². The Bertz CT molecular complexity index is 576. The molecular formula is C14H15N3O3. The van der Waals surface area contributed by atoms with Crippen molar-refractivity contribution < 1.29 is 14.3 Å². The average molecular weight is 273 g/mol. The molecular weight excluding hydrogens is 258 g/mol. The van der Waals surface area contributed by atoms with Gasteiger partial charge in [-0.05, 0) is 29.8 Å². The lowest BCUT2D eigenvalue weighted by Gasteiger charge is -2.07. The molecule has 2 rings (SSSR count). The molecule has 2 amide bonds. The van der Waals surface area contributed by atoms with Crippen LogP contribution < -0.4 is 15.6 Å². The number of methoxy groups -OCH3 is 1. The minimum absolute atomic E-state index is 0.176. The highest BCUT2D eigenvalue weighted by Gasteiger charge is 2.08. The van der Waals surface area contributed by atoms with Crippen LogP contribution in [0.1, 0.15) is 16.1 Å². The zero-order chi connectivity index (χ0) is 14.4. The Balaban J connectivity index is 1.81. The van der Waals surface area contributed by atoms with Gasteiger partial charge in [-0.1, -0.05) is 12.1 Å². The maximum atomic E-state index is 11.7. The molecule has 0 aliphatic heterocycles. The number of aromatic nitrogens is 1. The van der Waals surface area contributed by atoms with E-state index in [1.807, 2.05) is 0 Å². The number of carbonyl (C=O) groups excluding carboxylic acids is 2. The third kappa shape index (κ3) is 3.61. The van der Waals surface area contributed by atoms with Crippen LogP contribution in [0.5, 0.6) is 5.75 Å². The summed E-state index contributed by atoms with van der Waals surface area (Å²) in [5.74, 6) is 0.0439. The monoisotopic (exact) mass is 273 g/mol. The number of benzene rings is 1. The lowest BCUT2D eigenvalue weighted by Crippen LogP contribution is -2.42. The SMILES string of the molecule is COc1ccc(CC(=O)NNC(=O)c2ccc[nH]2)cc1. The van der Waals surface area contributed by atoms with Crippen LogP contribution in [-0.4, -0.2) is 23.9 Å². The quantitative estimate of drug-likeness (QED) is 0.727. The van der Waals surface area contributed by atoms with Gasteiger partial charge < -0.3 is 9.72 Å². The molecule has 0 aliphatic carbocycles. The maximum absolute atomic E-state index is 11.7. The smallest absolute Gasteiger partial charge is 0.286 e. The Labute approximate surface area is 116 Å². The van der Waals surface area contributed by atoms with Crippen LogP contribution in [0.4, 0.5) is 0 Å². The zero-order valence-corrected chi connectivity index (χ0v) is 11.0. The van der Waals surface area contributed by atoms with E-state index in [-0.39, 0.29) is 12.3 Å². The van der Waals surface area contributed by atoms with Crippen molar-refractivity contribution in [2.75, 3.05) is 7.11 Å². The second-order valence-corrected chi connectivity index (χ2v) is 4.11. The molecule has 0 saturated heterocycles. The average Bonchev–Trinajstić information content (AvgIpc) is 3.00. The van der Waals surface area contributed by atoms with E-state index in [0.29, 0.717) is 5.69 Å². The van der Waals surface area contributed by atoms with Crippen LogP contribution in [0, 0.1) is 0 Å². The first kappa shape index (κ1) is 13.7. The van der Waals surface area contributed by atoms with Crippen LogP contribution in [0.15, 0.2) is 42.6 Å². The first-order valence-corrected chi connectivity index (χ1v) is 6.04. The van der Waals surface area contributed by atoms with Crippen molar-refractivity contribution >= 4 is 11.8 Å². The van der Waals surface area contributed by atoms with Gasteiger partial charge in [0.1, 0.15) is 11.4 Å². The van der Waals surface area contributed by atoms with Gasteiger partial charge in [-0.25, -0.2) is 0 Å². The number of amides is 2. The number of aromatic amines is 1. The molecule has 3 N–H and O–H groups in total. The van der Waals surface area contributed by atoms with E-state index >= 15 is 0 Å². The summed E-state index contributed by atoms with van der Waals surface area (Å²) in [7, 11) is 1.58. The van der Waals surface area contributed by atoms with Crippen LogP contribution in [-0.2, 0) is 11.2 Å². The predicted molar refractivity (Wildman–Crippen MR) is 73.1 cm³/mol. The second-order valence-electron chi connectivity index (χ2n) is 4.11. The minimum Gasteiger partial charge on any atom is -0.497 e. The van der Waals surface area contributed by atoms with Crippen molar-refractivity contribution in [1.82, 2.24) is 15.8 Å². The summed E-state index contributed by atoms with van der Waals surface area (Å²) in [4.78, 5) is 26.0. The minimum atomic E-state index is -0.391. The van der Waals surface area contributed by atoms with Gasteiger partial charge in [0, 0.05) is 6.20 Å². The van der Waals surface area contributed by atoms with E-state index in [1.165, 1.54) is 0 Å². The molecule has 1 aromatic carbocycles. The molecule has 0 aliphatic rings. The number of ether oxygens (including phenoxy) is 1. The summed E-state index contributed by atoms with van der Waals surface area (Å²) in [5, 5.41) is 0. The molecule has 0 atom stereocenters. The van der Waals surface area contributed by atoms with E-state index in [2.05, 4.69) is 15.8 Å². The molecule has 6 nitrogen and oxygen atoms in total. The van der Waals surface area contributed by atoms with E-state index in [0.717, 1.165) is 11.3 Å². The van der Waals surface area contributed by atoms with E-state index in [4.69, 9.17) is 4.74 Å². The Hall–Kier alpha value is -2.76. The highest BCUT2D eigenvalue weighted by molar-refractivity contribution is 5.93. The Morgan fingerprint density at radius 1 is 1.15 bits per heavy atom. The lowest BCUT2D eigenvalue weighted by molar-refractivity contribution is -0.121. The Kier molecular flexibility index (Phi) is 4.39. The van der Waals surface area contributed by atoms with Gasteiger partial charge in [0.25, 0.3) is 5.91 Å². The van der Waals surface area contributed by atoms with E-state index in [9.17, 15) is 9.59 Å². The summed E-state index contributed by atoms with van der Waals surface area (Å²) >= 11 is 0. The number of hydrazine groups is 1.